The Morgan fingerprint density at radius 3 is 3.12 bits per heavy atom. The van der Waals surface area contributed by atoms with E-state index >= 15 is 0 Å². The zero-order valence-corrected chi connectivity index (χ0v) is 9.09. The van der Waals surface area contributed by atoms with Crippen molar-refractivity contribution in [1.82, 2.24) is 19.7 Å². The van der Waals surface area contributed by atoms with E-state index in [4.69, 9.17) is 5.73 Å². The predicted molar refractivity (Wildman–Crippen MR) is 61.7 cm³/mol. The van der Waals surface area contributed by atoms with Crippen molar-refractivity contribution < 1.29 is 0 Å². The first-order chi connectivity index (χ1) is 7.79. The molecule has 0 aliphatic carbocycles. The SMILES string of the molecule is CCn1cnnc1CNc1cc(N)ccn1. The Labute approximate surface area is 93.5 Å². The molecule has 0 aromatic carbocycles. The molecule has 2 heterocycles. The minimum Gasteiger partial charge on any atom is -0.399 e. The van der Waals surface area contributed by atoms with E-state index in [0.717, 1.165) is 18.2 Å². The van der Waals surface area contributed by atoms with Crippen molar-refractivity contribution in [1.29, 1.82) is 0 Å². The molecular weight excluding hydrogens is 204 g/mol. The molecule has 16 heavy (non-hydrogen) atoms. The lowest BCUT2D eigenvalue weighted by molar-refractivity contribution is 0.707. The fourth-order valence-electron chi connectivity index (χ4n) is 1.39. The fraction of sp³-hybridized carbons (Fsp3) is 0.300. The molecule has 6 heteroatoms. The number of nitrogens with two attached hydrogens (primary N) is 1. The van der Waals surface area contributed by atoms with Crippen LogP contribution >= 0.6 is 0 Å². The topological polar surface area (TPSA) is 81.7 Å². The smallest absolute Gasteiger partial charge is 0.152 e. The molecule has 0 spiro atoms. The van der Waals surface area contributed by atoms with Crippen molar-refractivity contribution in [3.05, 3.63) is 30.5 Å². The van der Waals surface area contributed by atoms with Crippen LogP contribution in [0.1, 0.15) is 12.7 Å². The molecule has 0 radical (unpaired) electrons. The van der Waals surface area contributed by atoms with Gasteiger partial charge in [0.1, 0.15) is 12.1 Å². The fourth-order valence-corrected chi connectivity index (χ4v) is 1.39. The molecule has 6 nitrogen and oxygen atoms in total. The van der Waals surface area contributed by atoms with E-state index in [0.29, 0.717) is 12.2 Å². The number of anilines is 2. The number of pyridine rings is 1. The Morgan fingerprint density at radius 2 is 2.38 bits per heavy atom. The van der Waals surface area contributed by atoms with Gasteiger partial charge in [-0.1, -0.05) is 0 Å². The number of aryl methyl sites for hydroxylation is 1. The van der Waals surface area contributed by atoms with Crippen LogP contribution in [0.4, 0.5) is 11.5 Å². The summed E-state index contributed by atoms with van der Waals surface area (Å²) in [6, 6.07) is 3.53. The van der Waals surface area contributed by atoms with Gasteiger partial charge in [0.25, 0.3) is 0 Å². The number of hydrogen-bond acceptors (Lipinski definition) is 5. The van der Waals surface area contributed by atoms with Crippen LogP contribution in [0.3, 0.4) is 0 Å². The second-order valence-corrected chi connectivity index (χ2v) is 3.36. The third-order valence-corrected chi connectivity index (χ3v) is 2.25. The Kier molecular flexibility index (Phi) is 3.00. The van der Waals surface area contributed by atoms with Crippen molar-refractivity contribution in [2.75, 3.05) is 11.1 Å². The van der Waals surface area contributed by atoms with E-state index in [-0.39, 0.29) is 0 Å². The molecule has 0 aliphatic rings. The van der Waals surface area contributed by atoms with Gasteiger partial charge in [0.15, 0.2) is 5.82 Å². The van der Waals surface area contributed by atoms with Crippen molar-refractivity contribution in [3.8, 4) is 0 Å². The highest BCUT2D eigenvalue weighted by molar-refractivity contribution is 5.48. The van der Waals surface area contributed by atoms with Crippen molar-refractivity contribution in [2.24, 2.45) is 0 Å². The second-order valence-electron chi connectivity index (χ2n) is 3.36. The lowest BCUT2D eigenvalue weighted by Gasteiger charge is -2.06. The van der Waals surface area contributed by atoms with Crippen molar-refractivity contribution in [2.45, 2.75) is 20.0 Å². The average molecular weight is 218 g/mol. The summed E-state index contributed by atoms with van der Waals surface area (Å²) in [7, 11) is 0. The molecular formula is C10H14N6. The summed E-state index contributed by atoms with van der Waals surface area (Å²) in [5.74, 6) is 1.62. The first kappa shape index (κ1) is 10.4. The van der Waals surface area contributed by atoms with Crippen LogP contribution in [0.15, 0.2) is 24.7 Å². The zero-order chi connectivity index (χ0) is 11.4. The Hall–Kier alpha value is -2.11. The Bertz CT molecular complexity index is 464. The Balaban J connectivity index is 2.02. The zero-order valence-electron chi connectivity index (χ0n) is 9.09. The molecule has 0 bridgehead atoms. The highest BCUT2D eigenvalue weighted by Crippen LogP contribution is 2.08. The standard InChI is InChI=1S/C10H14N6/c1-2-16-7-14-15-10(16)6-13-9-5-8(11)3-4-12-9/h3-5,7H,2,6H2,1H3,(H3,11,12,13). The summed E-state index contributed by atoms with van der Waals surface area (Å²) in [5, 5.41) is 11.0. The van der Waals surface area contributed by atoms with E-state index < -0.39 is 0 Å². The van der Waals surface area contributed by atoms with Gasteiger partial charge in [-0.05, 0) is 13.0 Å². The third-order valence-electron chi connectivity index (χ3n) is 2.25. The van der Waals surface area contributed by atoms with E-state index in [9.17, 15) is 0 Å². The lowest BCUT2D eigenvalue weighted by atomic mass is 10.4. The van der Waals surface area contributed by atoms with Crippen LogP contribution in [-0.2, 0) is 13.1 Å². The number of nitrogens with zero attached hydrogens (tertiary/aromatic N) is 4. The molecule has 2 rings (SSSR count). The Morgan fingerprint density at radius 1 is 1.50 bits per heavy atom. The van der Waals surface area contributed by atoms with Gasteiger partial charge in [0.2, 0.25) is 0 Å². The first-order valence-electron chi connectivity index (χ1n) is 5.11. The second kappa shape index (κ2) is 4.61. The molecule has 0 amide bonds. The van der Waals surface area contributed by atoms with Crippen LogP contribution < -0.4 is 11.1 Å². The van der Waals surface area contributed by atoms with Gasteiger partial charge in [-0.2, -0.15) is 0 Å². The summed E-state index contributed by atoms with van der Waals surface area (Å²) in [6.45, 7) is 3.49. The van der Waals surface area contributed by atoms with Gasteiger partial charge >= 0.3 is 0 Å². The van der Waals surface area contributed by atoms with Crippen LogP contribution in [0.5, 0.6) is 0 Å². The number of nitrogens with one attached hydrogen (secondary N) is 1. The van der Waals surface area contributed by atoms with Gasteiger partial charge in [0.05, 0.1) is 6.54 Å². The van der Waals surface area contributed by atoms with Crippen LogP contribution in [-0.4, -0.2) is 19.7 Å². The van der Waals surface area contributed by atoms with E-state index in [1.54, 1.807) is 24.7 Å². The normalized spacial score (nSPS) is 10.3. The van der Waals surface area contributed by atoms with Crippen molar-refractivity contribution >= 4 is 11.5 Å². The number of nitrogen functional groups attached to an aromatic ring is 1. The maximum atomic E-state index is 5.65. The molecule has 2 aromatic heterocycles. The number of aromatic nitrogens is 4. The van der Waals surface area contributed by atoms with E-state index in [1.165, 1.54) is 0 Å². The van der Waals surface area contributed by atoms with Gasteiger partial charge in [0, 0.05) is 24.5 Å². The molecule has 3 N–H and O–H groups in total. The molecule has 84 valence electrons. The maximum absolute atomic E-state index is 5.65. The monoisotopic (exact) mass is 218 g/mol. The molecule has 2 aromatic rings. The minimum atomic E-state index is 0.588. The molecule has 0 saturated heterocycles. The van der Waals surface area contributed by atoms with Crippen LogP contribution in [0, 0.1) is 0 Å². The summed E-state index contributed by atoms with van der Waals surface area (Å²) in [4.78, 5) is 4.15. The van der Waals surface area contributed by atoms with E-state index in [1.807, 2.05) is 11.5 Å². The largest absolute Gasteiger partial charge is 0.399 e. The van der Waals surface area contributed by atoms with Crippen molar-refractivity contribution in [3.63, 3.8) is 0 Å². The quantitative estimate of drug-likeness (QED) is 0.796. The molecule has 0 saturated carbocycles. The molecule has 0 aliphatic heterocycles. The van der Waals surface area contributed by atoms with Gasteiger partial charge in [-0.15, -0.1) is 10.2 Å². The average Bonchev–Trinajstić information content (AvgIpc) is 2.74. The highest BCUT2D eigenvalue weighted by Gasteiger charge is 2.02. The van der Waals surface area contributed by atoms with Gasteiger partial charge in [-0.3, -0.25) is 0 Å². The summed E-state index contributed by atoms with van der Waals surface area (Å²) in [5.41, 5.74) is 6.34. The van der Waals surface area contributed by atoms with Gasteiger partial charge < -0.3 is 15.6 Å². The van der Waals surface area contributed by atoms with Crippen LogP contribution in [0.2, 0.25) is 0 Å². The molecule has 0 atom stereocenters. The predicted octanol–water partition coefficient (Wildman–Crippen LogP) is 0.887. The van der Waals surface area contributed by atoms with Gasteiger partial charge in [-0.25, -0.2) is 4.98 Å². The molecule has 0 fully saturated rings. The summed E-state index contributed by atoms with van der Waals surface area (Å²) >= 11 is 0. The maximum Gasteiger partial charge on any atom is 0.152 e. The summed E-state index contributed by atoms with van der Waals surface area (Å²) < 4.78 is 1.97. The van der Waals surface area contributed by atoms with Crippen LogP contribution in [0.25, 0.3) is 0 Å². The first-order valence-corrected chi connectivity index (χ1v) is 5.11. The third kappa shape index (κ3) is 2.28. The number of hydrogen-bond donors (Lipinski definition) is 2. The lowest BCUT2D eigenvalue weighted by Crippen LogP contribution is -2.08. The number of rotatable bonds is 4. The highest BCUT2D eigenvalue weighted by atomic mass is 15.3. The van der Waals surface area contributed by atoms with E-state index in [2.05, 4.69) is 20.5 Å². The minimum absolute atomic E-state index is 0.588. The molecule has 0 unspecified atom stereocenters. The summed E-state index contributed by atoms with van der Waals surface area (Å²) in [6.07, 6.45) is 3.38.